The van der Waals surface area contributed by atoms with Crippen molar-refractivity contribution < 1.29 is 9.47 Å². The second kappa shape index (κ2) is 9.50. The smallest absolute Gasteiger partial charge is 0.127 e. The van der Waals surface area contributed by atoms with Gasteiger partial charge in [0.15, 0.2) is 0 Å². The van der Waals surface area contributed by atoms with Gasteiger partial charge in [-0.1, -0.05) is 54.1 Å². The fraction of sp³-hybridized carbons (Fsp3) is 0.385. The molecule has 2 aromatic carbocycles. The van der Waals surface area contributed by atoms with Gasteiger partial charge in [-0.2, -0.15) is 0 Å². The van der Waals surface area contributed by atoms with E-state index in [4.69, 9.17) is 9.47 Å². The number of nitrogens with zero attached hydrogens (tertiary/aromatic N) is 2. The van der Waals surface area contributed by atoms with E-state index < -0.39 is 0 Å². The Labute approximate surface area is 180 Å². The van der Waals surface area contributed by atoms with Gasteiger partial charge in [0.25, 0.3) is 0 Å². The summed E-state index contributed by atoms with van der Waals surface area (Å²) >= 11 is 0. The molecule has 2 aromatic rings. The Hall–Kier alpha value is -2.56. The summed E-state index contributed by atoms with van der Waals surface area (Å²) in [5, 5.41) is 0. The highest BCUT2D eigenvalue weighted by Crippen LogP contribution is 2.35. The number of methoxy groups -OCH3 is 2. The molecule has 3 aliphatic heterocycles. The van der Waals surface area contributed by atoms with Gasteiger partial charge in [-0.25, -0.2) is 0 Å². The fourth-order valence-corrected chi connectivity index (χ4v) is 4.82. The minimum absolute atomic E-state index is 0.399. The Bertz CT molecular complexity index is 893. The highest BCUT2D eigenvalue weighted by molar-refractivity contribution is 5.54. The zero-order chi connectivity index (χ0) is 20.9. The van der Waals surface area contributed by atoms with Crippen molar-refractivity contribution in [3.05, 3.63) is 77.9 Å². The molecule has 0 aliphatic carbocycles. The van der Waals surface area contributed by atoms with E-state index in [0.717, 1.165) is 44.1 Å². The number of hydrogen-bond acceptors (Lipinski definition) is 4. The van der Waals surface area contributed by atoms with E-state index in [1.807, 2.05) is 18.2 Å². The zero-order valence-corrected chi connectivity index (χ0v) is 18.1. The molecule has 5 rings (SSSR count). The maximum atomic E-state index is 5.68. The van der Waals surface area contributed by atoms with E-state index in [0.29, 0.717) is 12.1 Å². The van der Waals surface area contributed by atoms with Gasteiger partial charge in [0.2, 0.25) is 0 Å². The molecule has 0 aromatic heterocycles. The van der Waals surface area contributed by atoms with E-state index in [-0.39, 0.29) is 0 Å². The first-order valence-corrected chi connectivity index (χ1v) is 10.8. The quantitative estimate of drug-likeness (QED) is 0.629. The van der Waals surface area contributed by atoms with Gasteiger partial charge in [0, 0.05) is 49.9 Å². The highest BCUT2D eigenvalue weighted by atomic mass is 16.5. The van der Waals surface area contributed by atoms with Gasteiger partial charge in [-0.05, 0) is 24.5 Å². The molecule has 2 atom stereocenters. The lowest BCUT2D eigenvalue weighted by Crippen LogP contribution is -2.56. The molecule has 0 N–H and O–H groups in total. The largest absolute Gasteiger partial charge is 0.497 e. The third-order valence-electron chi connectivity index (χ3n) is 6.39. The summed E-state index contributed by atoms with van der Waals surface area (Å²) in [7, 11) is 3.43. The molecular weight excluding hydrogens is 372 g/mol. The summed E-state index contributed by atoms with van der Waals surface area (Å²) in [6, 6.07) is 17.8. The molecule has 4 nitrogen and oxygen atoms in total. The van der Waals surface area contributed by atoms with Gasteiger partial charge in [-0.15, -0.1) is 6.58 Å². The van der Waals surface area contributed by atoms with E-state index in [2.05, 4.69) is 58.9 Å². The molecule has 3 aliphatic rings. The van der Waals surface area contributed by atoms with Crippen LogP contribution in [0.5, 0.6) is 11.5 Å². The Morgan fingerprint density at radius 1 is 1.03 bits per heavy atom. The summed E-state index contributed by atoms with van der Waals surface area (Å²) in [6.45, 7) is 7.94. The van der Waals surface area contributed by atoms with Crippen molar-refractivity contribution in [2.24, 2.45) is 0 Å². The Morgan fingerprint density at radius 2 is 1.87 bits per heavy atom. The molecule has 3 heterocycles. The molecular formula is C26H32N2O2. The number of fused-ring (bicyclic) bond motifs is 4. The van der Waals surface area contributed by atoms with Crippen LogP contribution in [0.3, 0.4) is 0 Å². The van der Waals surface area contributed by atoms with Crippen LogP contribution in [-0.2, 0) is 6.54 Å². The van der Waals surface area contributed by atoms with Crippen molar-refractivity contribution in [3.63, 3.8) is 0 Å². The lowest BCUT2D eigenvalue weighted by molar-refractivity contribution is 0.0560. The van der Waals surface area contributed by atoms with Crippen molar-refractivity contribution >= 4 is 6.08 Å². The van der Waals surface area contributed by atoms with E-state index in [1.54, 1.807) is 14.2 Å². The molecule has 0 amide bonds. The highest BCUT2D eigenvalue weighted by Gasteiger charge is 2.38. The predicted octanol–water partition coefficient (Wildman–Crippen LogP) is 4.62. The molecule has 0 saturated carbocycles. The van der Waals surface area contributed by atoms with Gasteiger partial charge in [-0.3, -0.25) is 9.80 Å². The lowest BCUT2D eigenvalue weighted by Gasteiger charge is -2.44. The number of benzene rings is 2. The summed E-state index contributed by atoms with van der Waals surface area (Å²) in [6.07, 6.45) is 6.79. The van der Waals surface area contributed by atoms with Crippen LogP contribution in [0.1, 0.15) is 24.0 Å². The van der Waals surface area contributed by atoms with E-state index >= 15 is 0 Å². The Balaban J connectivity index is 1.64. The van der Waals surface area contributed by atoms with Crippen LogP contribution in [-0.4, -0.2) is 55.7 Å². The van der Waals surface area contributed by atoms with Crippen LogP contribution in [0, 0.1) is 0 Å². The van der Waals surface area contributed by atoms with Crippen LogP contribution in [0.15, 0.2) is 66.8 Å². The lowest BCUT2D eigenvalue weighted by atomic mass is 9.99. The third-order valence-corrected chi connectivity index (χ3v) is 6.39. The molecule has 0 unspecified atom stereocenters. The third kappa shape index (κ3) is 4.45. The SMILES string of the molecule is C=CCN1C[C@H]2/C(=C\c3ccccc3)CC[C@@H]1CN2Cc1ccc(OC)cc1OC. The minimum Gasteiger partial charge on any atom is -0.497 e. The second-order valence-electron chi connectivity index (χ2n) is 8.19. The number of piperazine rings is 1. The summed E-state index contributed by atoms with van der Waals surface area (Å²) in [5.74, 6) is 1.72. The Kier molecular flexibility index (Phi) is 6.56. The molecule has 4 heteroatoms. The van der Waals surface area contributed by atoms with Crippen LogP contribution >= 0.6 is 0 Å². The zero-order valence-electron chi connectivity index (χ0n) is 18.1. The minimum atomic E-state index is 0.399. The first-order chi connectivity index (χ1) is 14.7. The maximum absolute atomic E-state index is 5.68. The predicted molar refractivity (Wildman–Crippen MR) is 123 cm³/mol. The Morgan fingerprint density at radius 3 is 2.60 bits per heavy atom. The number of hydrogen-bond donors (Lipinski definition) is 0. The van der Waals surface area contributed by atoms with Crippen LogP contribution in [0.4, 0.5) is 0 Å². The molecule has 0 radical (unpaired) electrons. The maximum Gasteiger partial charge on any atom is 0.127 e. The van der Waals surface area contributed by atoms with Crippen molar-refractivity contribution in [1.29, 1.82) is 0 Å². The second-order valence-corrected chi connectivity index (χ2v) is 8.19. The molecule has 0 spiro atoms. The van der Waals surface area contributed by atoms with Gasteiger partial charge in [0.05, 0.1) is 14.2 Å². The summed E-state index contributed by atoms with van der Waals surface area (Å²) < 4.78 is 11.1. The number of rotatable bonds is 7. The van der Waals surface area contributed by atoms with E-state index in [9.17, 15) is 0 Å². The molecule has 30 heavy (non-hydrogen) atoms. The molecule has 158 valence electrons. The van der Waals surface area contributed by atoms with Gasteiger partial charge in [0.1, 0.15) is 11.5 Å². The molecule has 2 bridgehead atoms. The molecule has 3 saturated heterocycles. The first kappa shape index (κ1) is 20.7. The summed E-state index contributed by atoms with van der Waals surface area (Å²) in [4.78, 5) is 5.24. The van der Waals surface area contributed by atoms with Crippen molar-refractivity contribution in [2.75, 3.05) is 33.9 Å². The van der Waals surface area contributed by atoms with Crippen molar-refractivity contribution in [1.82, 2.24) is 9.80 Å². The van der Waals surface area contributed by atoms with Crippen molar-refractivity contribution in [2.45, 2.75) is 31.5 Å². The van der Waals surface area contributed by atoms with Crippen LogP contribution < -0.4 is 9.47 Å². The summed E-state index contributed by atoms with van der Waals surface area (Å²) in [5.41, 5.74) is 4.03. The van der Waals surface area contributed by atoms with Gasteiger partial charge >= 0.3 is 0 Å². The van der Waals surface area contributed by atoms with Crippen LogP contribution in [0.2, 0.25) is 0 Å². The average Bonchev–Trinajstić information content (AvgIpc) is 3.04. The van der Waals surface area contributed by atoms with Crippen LogP contribution in [0.25, 0.3) is 6.08 Å². The fourth-order valence-electron chi connectivity index (χ4n) is 4.82. The molecule has 3 fully saturated rings. The van der Waals surface area contributed by atoms with Crippen molar-refractivity contribution in [3.8, 4) is 11.5 Å². The monoisotopic (exact) mass is 404 g/mol. The van der Waals surface area contributed by atoms with E-state index in [1.165, 1.54) is 23.1 Å². The average molecular weight is 405 g/mol. The number of ether oxygens (including phenoxy) is 2. The topological polar surface area (TPSA) is 24.9 Å². The normalized spacial score (nSPS) is 23.3. The first-order valence-electron chi connectivity index (χ1n) is 10.8. The van der Waals surface area contributed by atoms with Gasteiger partial charge < -0.3 is 9.47 Å². The standard InChI is InChI=1S/C26H32N2O2/c1-4-14-27-19-25-21(15-20-8-6-5-7-9-20)10-12-23(27)18-28(25)17-22-11-13-24(29-2)16-26(22)30-3/h4-9,11,13,15-16,23,25H,1,10,12,14,17-19H2,2-3H3/b21-15-/t23-,25+/m1/s1.